The zero-order chi connectivity index (χ0) is 17.3. The van der Waals surface area contributed by atoms with Gasteiger partial charge in [0.25, 0.3) is 11.7 Å². The zero-order valence-corrected chi connectivity index (χ0v) is 13.1. The number of hydrogen-bond donors (Lipinski definition) is 4. The predicted octanol–water partition coefficient (Wildman–Crippen LogP) is 1.35. The van der Waals surface area contributed by atoms with Crippen LogP contribution in [0.4, 0.5) is 13.2 Å². The maximum absolute atomic E-state index is 12.9. The maximum atomic E-state index is 12.9. The summed E-state index contributed by atoms with van der Waals surface area (Å²) >= 11 is 0. The summed E-state index contributed by atoms with van der Waals surface area (Å²) in [5.74, 6) is -6.09. The minimum Gasteiger partial charge on any atom is -0.370 e. The van der Waals surface area contributed by atoms with Crippen molar-refractivity contribution in [1.82, 2.24) is 0 Å². The molecule has 0 saturated heterocycles. The highest BCUT2D eigenvalue weighted by Crippen LogP contribution is 2.40. The summed E-state index contributed by atoms with van der Waals surface area (Å²) in [5.41, 5.74) is 8.95. The van der Waals surface area contributed by atoms with Crippen molar-refractivity contribution in [2.24, 2.45) is 16.5 Å². The van der Waals surface area contributed by atoms with E-state index in [2.05, 4.69) is 4.99 Å². The van der Waals surface area contributed by atoms with Crippen molar-refractivity contribution in [2.75, 3.05) is 0 Å². The number of amides is 1. The van der Waals surface area contributed by atoms with Crippen LogP contribution in [-0.4, -0.2) is 28.3 Å². The smallest absolute Gasteiger partial charge is 0.370 e. The lowest BCUT2D eigenvalue weighted by Gasteiger charge is -2.28. The summed E-state index contributed by atoms with van der Waals surface area (Å²) in [4.78, 5) is 14.9. The fraction of sp³-hybridized carbons (Fsp3) is 0.385. The molecule has 0 bridgehead atoms. The second-order valence-corrected chi connectivity index (χ2v) is 4.97. The number of guanidine groups is 1. The quantitative estimate of drug-likeness (QED) is 0.370. The Morgan fingerprint density at radius 3 is 2.13 bits per heavy atom. The highest BCUT2D eigenvalue weighted by atomic mass is 35.5. The molecule has 0 unspecified atom stereocenters. The highest BCUT2D eigenvalue weighted by Gasteiger charge is 2.55. The number of nitrogens with zero attached hydrogens (tertiary/aromatic N) is 1. The third-order valence-corrected chi connectivity index (χ3v) is 2.92. The normalized spacial score (nSPS) is 11.8. The van der Waals surface area contributed by atoms with Gasteiger partial charge in [-0.25, -0.2) is 0 Å². The standard InChI is InChI=1S/C13H16F3N3O3.ClH/c1-6(2)8-4-3-7(10(20)19-11(17)18)5-9(8)12(21,22)13(14,15)16;/h3-6,21-22H,1-2H3,(H4,17,18,19,20);1H. The van der Waals surface area contributed by atoms with Crippen molar-refractivity contribution in [2.45, 2.75) is 31.7 Å². The molecule has 1 aromatic rings. The molecular formula is C13H17ClF3N3O3. The average molecular weight is 356 g/mol. The van der Waals surface area contributed by atoms with E-state index in [0.29, 0.717) is 0 Å². The first-order valence-electron chi connectivity index (χ1n) is 6.17. The van der Waals surface area contributed by atoms with Crippen LogP contribution in [0.5, 0.6) is 0 Å². The van der Waals surface area contributed by atoms with E-state index in [1.807, 2.05) is 0 Å². The maximum Gasteiger partial charge on any atom is 0.447 e. The summed E-state index contributed by atoms with van der Waals surface area (Å²) < 4.78 is 38.6. The third-order valence-electron chi connectivity index (χ3n) is 2.92. The molecule has 1 rings (SSSR count). The van der Waals surface area contributed by atoms with Gasteiger partial charge in [-0.05, 0) is 23.6 Å². The molecule has 0 aliphatic heterocycles. The van der Waals surface area contributed by atoms with Crippen LogP contribution in [0.3, 0.4) is 0 Å². The number of nitrogens with two attached hydrogens (primary N) is 2. The molecule has 0 aliphatic carbocycles. The lowest BCUT2D eigenvalue weighted by Crippen LogP contribution is -2.43. The molecule has 0 aliphatic rings. The molecule has 0 atom stereocenters. The van der Waals surface area contributed by atoms with Crippen LogP contribution < -0.4 is 11.5 Å². The molecule has 0 spiro atoms. The Balaban J connectivity index is 0.00000484. The van der Waals surface area contributed by atoms with Crippen LogP contribution in [0.15, 0.2) is 23.2 Å². The highest BCUT2D eigenvalue weighted by molar-refractivity contribution is 6.02. The SMILES string of the molecule is CC(C)c1ccc(C(=O)N=C(N)N)cc1C(O)(O)C(F)(F)F.Cl. The van der Waals surface area contributed by atoms with Crippen LogP contribution >= 0.6 is 12.4 Å². The molecule has 0 fully saturated rings. The first-order chi connectivity index (χ1) is 9.87. The number of rotatable bonds is 3. The van der Waals surface area contributed by atoms with E-state index in [4.69, 9.17) is 11.5 Å². The van der Waals surface area contributed by atoms with E-state index in [1.54, 1.807) is 13.8 Å². The Morgan fingerprint density at radius 2 is 1.74 bits per heavy atom. The monoisotopic (exact) mass is 355 g/mol. The van der Waals surface area contributed by atoms with E-state index < -0.39 is 35.3 Å². The summed E-state index contributed by atoms with van der Waals surface area (Å²) in [5, 5.41) is 18.9. The third kappa shape index (κ3) is 4.57. The number of aliphatic imine (C=N–C) groups is 1. The zero-order valence-electron chi connectivity index (χ0n) is 12.3. The van der Waals surface area contributed by atoms with Gasteiger partial charge in [-0.3, -0.25) is 4.79 Å². The number of alkyl halides is 3. The summed E-state index contributed by atoms with van der Waals surface area (Å²) in [6, 6.07) is 3.13. The van der Waals surface area contributed by atoms with E-state index >= 15 is 0 Å². The van der Waals surface area contributed by atoms with Gasteiger partial charge in [0.1, 0.15) is 0 Å². The fourth-order valence-corrected chi connectivity index (χ4v) is 1.83. The molecule has 1 aromatic carbocycles. The molecule has 0 radical (unpaired) electrons. The van der Waals surface area contributed by atoms with Crippen LogP contribution in [0.1, 0.15) is 41.3 Å². The van der Waals surface area contributed by atoms with Gasteiger partial charge in [0.15, 0.2) is 5.96 Å². The first-order valence-corrected chi connectivity index (χ1v) is 6.17. The lowest BCUT2D eigenvalue weighted by molar-refractivity contribution is -0.358. The lowest BCUT2D eigenvalue weighted by atomic mass is 9.90. The summed E-state index contributed by atoms with van der Waals surface area (Å²) in [7, 11) is 0. The van der Waals surface area contributed by atoms with Gasteiger partial charge in [-0.2, -0.15) is 18.2 Å². The number of carbonyl (C=O) groups is 1. The van der Waals surface area contributed by atoms with Crippen molar-refractivity contribution in [3.63, 3.8) is 0 Å². The van der Waals surface area contributed by atoms with Gasteiger partial charge in [-0.15, -0.1) is 12.4 Å². The second-order valence-electron chi connectivity index (χ2n) is 4.97. The van der Waals surface area contributed by atoms with E-state index in [9.17, 15) is 28.2 Å². The molecule has 0 saturated carbocycles. The van der Waals surface area contributed by atoms with Crippen molar-refractivity contribution in [1.29, 1.82) is 0 Å². The van der Waals surface area contributed by atoms with Gasteiger partial charge in [0.2, 0.25) is 0 Å². The minimum atomic E-state index is -5.34. The Kier molecular flexibility index (Phi) is 6.58. The number of halogens is 4. The van der Waals surface area contributed by atoms with Crippen molar-refractivity contribution in [3.05, 3.63) is 34.9 Å². The Morgan fingerprint density at radius 1 is 1.22 bits per heavy atom. The molecule has 6 nitrogen and oxygen atoms in total. The van der Waals surface area contributed by atoms with Crippen LogP contribution in [0, 0.1) is 0 Å². The topological polar surface area (TPSA) is 122 Å². The Hall–Kier alpha value is -1.84. The van der Waals surface area contributed by atoms with E-state index in [-0.39, 0.29) is 23.5 Å². The van der Waals surface area contributed by atoms with Crippen LogP contribution in [0.2, 0.25) is 0 Å². The largest absolute Gasteiger partial charge is 0.447 e. The van der Waals surface area contributed by atoms with Gasteiger partial charge in [0.05, 0.1) is 0 Å². The predicted molar refractivity (Wildman–Crippen MR) is 80.1 cm³/mol. The molecule has 10 heteroatoms. The van der Waals surface area contributed by atoms with Gasteiger partial charge in [-0.1, -0.05) is 19.9 Å². The van der Waals surface area contributed by atoms with E-state index in [0.717, 1.165) is 6.07 Å². The van der Waals surface area contributed by atoms with Crippen molar-refractivity contribution >= 4 is 24.3 Å². The molecule has 0 aromatic heterocycles. The van der Waals surface area contributed by atoms with Crippen molar-refractivity contribution in [3.8, 4) is 0 Å². The van der Waals surface area contributed by atoms with Crippen LogP contribution in [0.25, 0.3) is 0 Å². The molecule has 23 heavy (non-hydrogen) atoms. The fourth-order valence-electron chi connectivity index (χ4n) is 1.83. The van der Waals surface area contributed by atoms with Crippen molar-refractivity contribution < 1.29 is 28.2 Å². The number of benzene rings is 1. The first kappa shape index (κ1) is 21.2. The molecule has 6 N–H and O–H groups in total. The van der Waals surface area contributed by atoms with E-state index in [1.165, 1.54) is 12.1 Å². The second kappa shape index (κ2) is 7.16. The van der Waals surface area contributed by atoms with Crippen LogP contribution in [-0.2, 0) is 5.79 Å². The van der Waals surface area contributed by atoms with Gasteiger partial charge < -0.3 is 21.7 Å². The Labute approximate surface area is 136 Å². The molecule has 1 amide bonds. The Bertz CT molecular complexity index is 612. The number of aliphatic hydroxyl groups is 2. The summed E-state index contributed by atoms with van der Waals surface area (Å²) in [6.07, 6.45) is -5.34. The molecule has 0 heterocycles. The van der Waals surface area contributed by atoms with Gasteiger partial charge >= 0.3 is 6.18 Å². The summed E-state index contributed by atoms with van der Waals surface area (Å²) in [6.45, 7) is 3.14. The minimum absolute atomic E-state index is 0. The molecule has 130 valence electrons. The van der Waals surface area contributed by atoms with Gasteiger partial charge in [0, 0.05) is 11.1 Å². The number of carbonyl (C=O) groups excluding carboxylic acids is 1. The average Bonchev–Trinajstić information content (AvgIpc) is 2.35. The number of hydrogen-bond acceptors (Lipinski definition) is 3. The molecular weight excluding hydrogens is 339 g/mol.